The van der Waals surface area contributed by atoms with E-state index in [-0.39, 0.29) is 5.75 Å². The van der Waals surface area contributed by atoms with Crippen LogP contribution in [0.2, 0.25) is 0 Å². The van der Waals surface area contributed by atoms with Crippen LogP contribution in [0.15, 0.2) is 24.3 Å². The van der Waals surface area contributed by atoms with Gasteiger partial charge >= 0.3 is 0 Å². The number of terminal acetylenes is 1. The van der Waals surface area contributed by atoms with Crippen LogP contribution in [0.4, 0.5) is 0 Å². The number of hydrogen-bond donors (Lipinski definition) is 2. The molecule has 2 heteroatoms. The zero-order chi connectivity index (χ0) is 9.19. The molecule has 1 aromatic carbocycles. The zero-order valence-corrected chi connectivity index (χ0v) is 6.78. The van der Waals surface area contributed by atoms with Crippen molar-refractivity contribution in [2.75, 3.05) is 0 Å². The van der Waals surface area contributed by atoms with Crippen LogP contribution in [0, 0.1) is 12.3 Å². The number of rotatable bonds is 1. The third-order valence-corrected chi connectivity index (χ3v) is 1.71. The van der Waals surface area contributed by atoms with E-state index in [0.29, 0.717) is 5.56 Å². The summed E-state index contributed by atoms with van der Waals surface area (Å²) in [5.74, 6) is 2.21. The van der Waals surface area contributed by atoms with Gasteiger partial charge in [-0.1, -0.05) is 24.1 Å². The first-order valence-corrected chi connectivity index (χ1v) is 3.56. The van der Waals surface area contributed by atoms with Crippen LogP contribution < -0.4 is 0 Å². The highest BCUT2D eigenvalue weighted by Crippen LogP contribution is 2.27. The third-order valence-electron chi connectivity index (χ3n) is 1.71. The second-order valence-corrected chi connectivity index (χ2v) is 2.73. The quantitative estimate of drug-likeness (QED) is 0.610. The molecule has 0 radical (unpaired) electrons. The molecular formula is C10H10O2. The van der Waals surface area contributed by atoms with Gasteiger partial charge < -0.3 is 10.2 Å². The lowest BCUT2D eigenvalue weighted by atomic mass is 9.96. The zero-order valence-electron chi connectivity index (χ0n) is 6.78. The summed E-state index contributed by atoms with van der Waals surface area (Å²) >= 11 is 0. The SMILES string of the molecule is C#CC(C)(O)c1ccccc1O. The highest BCUT2D eigenvalue weighted by atomic mass is 16.3. The van der Waals surface area contributed by atoms with Gasteiger partial charge in [-0.05, 0) is 13.0 Å². The van der Waals surface area contributed by atoms with Crippen molar-refractivity contribution < 1.29 is 10.2 Å². The van der Waals surface area contributed by atoms with E-state index in [1.807, 2.05) is 0 Å². The van der Waals surface area contributed by atoms with E-state index in [4.69, 9.17) is 6.42 Å². The number of para-hydroxylation sites is 1. The summed E-state index contributed by atoms with van der Waals surface area (Å²) in [5.41, 5.74) is -1.04. The van der Waals surface area contributed by atoms with Crippen LogP contribution in [0.1, 0.15) is 12.5 Å². The summed E-state index contributed by atoms with van der Waals surface area (Å²) < 4.78 is 0. The smallest absolute Gasteiger partial charge is 0.151 e. The van der Waals surface area contributed by atoms with Crippen LogP contribution in [-0.4, -0.2) is 10.2 Å². The Hall–Kier alpha value is -1.46. The summed E-state index contributed by atoms with van der Waals surface area (Å²) in [6.07, 6.45) is 5.10. The fourth-order valence-corrected chi connectivity index (χ4v) is 0.963. The van der Waals surface area contributed by atoms with Crippen molar-refractivity contribution in [2.24, 2.45) is 0 Å². The minimum Gasteiger partial charge on any atom is -0.508 e. The van der Waals surface area contributed by atoms with E-state index in [2.05, 4.69) is 5.92 Å². The van der Waals surface area contributed by atoms with Crippen LogP contribution in [0.5, 0.6) is 5.75 Å². The second kappa shape index (κ2) is 2.88. The van der Waals surface area contributed by atoms with Crippen LogP contribution in [0.3, 0.4) is 0 Å². The normalized spacial score (nSPS) is 14.8. The Kier molecular flexibility index (Phi) is 2.07. The third kappa shape index (κ3) is 1.41. The Labute approximate surface area is 71.5 Å². The van der Waals surface area contributed by atoms with Crippen molar-refractivity contribution in [2.45, 2.75) is 12.5 Å². The van der Waals surface area contributed by atoms with Crippen LogP contribution >= 0.6 is 0 Å². The van der Waals surface area contributed by atoms with Gasteiger partial charge in [0.2, 0.25) is 0 Å². The van der Waals surface area contributed by atoms with E-state index < -0.39 is 5.60 Å². The summed E-state index contributed by atoms with van der Waals surface area (Å²) in [5, 5.41) is 18.9. The lowest BCUT2D eigenvalue weighted by Gasteiger charge is -2.17. The van der Waals surface area contributed by atoms with E-state index >= 15 is 0 Å². The molecule has 2 nitrogen and oxygen atoms in total. The molecule has 0 saturated heterocycles. The van der Waals surface area contributed by atoms with Gasteiger partial charge in [0.15, 0.2) is 5.60 Å². The molecule has 1 unspecified atom stereocenters. The molecule has 12 heavy (non-hydrogen) atoms. The standard InChI is InChI=1S/C10H10O2/c1-3-10(2,12)8-6-4-5-7-9(8)11/h1,4-7,11-12H,2H3. The van der Waals surface area contributed by atoms with Crippen LogP contribution in [-0.2, 0) is 5.60 Å². The molecule has 0 aromatic heterocycles. The Morgan fingerprint density at radius 2 is 2.00 bits per heavy atom. The van der Waals surface area contributed by atoms with E-state index in [1.165, 1.54) is 13.0 Å². The minimum atomic E-state index is -1.40. The molecule has 0 saturated carbocycles. The van der Waals surface area contributed by atoms with Crippen molar-refractivity contribution in [3.63, 3.8) is 0 Å². The number of hydrogen-bond acceptors (Lipinski definition) is 2. The maximum atomic E-state index is 9.58. The van der Waals surface area contributed by atoms with Gasteiger partial charge in [-0.25, -0.2) is 0 Å². The maximum Gasteiger partial charge on any atom is 0.151 e. The predicted molar refractivity (Wildman–Crippen MR) is 46.5 cm³/mol. The first kappa shape index (κ1) is 8.63. The lowest BCUT2D eigenvalue weighted by molar-refractivity contribution is 0.119. The molecule has 0 fully saturated rings. The molecule has 62 valence electrons. The highest BCUT2D eigenvalue weighted by Gasteiger charge is 2.22. The minimum absolute atomic E-state index is 0.0143. The topological polar surface area (TPSA) is 40.5 Å². The van der Waals surface area contributed by atoms with Crippen LogP contribution in [0.25, 0.3) is 0 Å². The maximum absolute atomic E-state index is 9.58. The lowest BCUT2D eigenvalue weighted by Crippen LogP contribution is -2.17. The van der Waals surface area contributed by atoms with Gasteiger partial charge in [-0.2, -0.15) is 0 Å². The largest absolute Gasteiger partial charge is 0.508 e. The number of phenols is 1. The van der Waals surface area contributed by atoms with Gasteiger partial charge in [0.05, 0.1) is 0 Å². The van der Waals surface area contributed by atoms with Gasteiger partial charge in [0.25, 0.3) is 0 Å². The molecule has 0 spiro atoms. The van der Waals surface area contributed by atoms with Gasteiger partial charge in [0, 0.05) is 5.56 Å². The summed E-state index contributed by atoms with van der Waals surface area (Å²) in [6, 6.07) is 6.46. The van der Waals surface area contributed by atoms with Gasteiger partial charge in [-0.15, -0.1) is 6.42 Å². The second-order valence-electron chi connectivity index (χ2n) is 2.73. The van der Waals surface area contributed by atoms with E-state index in [9.17, 15) is 10.2 Å². The number of benzene rings is 1. The Bertz CT molecular complexity index is 321. The molecule has 0 bridgehead atoms. The molecular weight excluding hydrogens is 152 g/mol. The van der Waals surface area contributed by atoms with Crippen molar-refractivity contribution in [1.82, 2.24) is 0 Å². The predicted octanol–water partition coefficient (Wildman–Crippen LogP) is 1.23. The molecule has 1 atom stereocenters. The van der Waals surface area contributed by atoms with E-state index in [0.717, 1.165) is 0 Å². The molecule has 2 N–H and O–H groups in total. The Morgan fingerprint density at radius 3 is 2.50 bits per heavy atom. The Morgan fingerprint density at radius 1 is 1.42 bits per heavy atom. The monoisotopic (exact) mass is 162 g/mol. The van der Waals surface area contributed by atoms with Crippen molar-refractivity contribution in [3.8, 4) is 18.1 Å². The molecule has 1 aromatic rings. The summed E-state index contributed by atoms with van der Waals surface area (Å²) in [4.78, 5) is 0. The van der Waals surface area contributed by atoms with Gasteiger partial charge in [-0.3, -0.25) is 0 Å². The summed E-state index contributed by atoms with van der Waals surface area (Å²) in [7, 11) is 0. The Balaban J connectivity index is 3.22. The first-order chi connectivity index (χ1) is 5.58. The summed E-state index contributed by atoms with van der Waals surface area (Å²) in [6.45, 7) is 1.46. The fraction of sp³-hybridized carbons (Fsp3) is 0.200. The molecule has 0 aliphatic carbocycles. The number of aliphatic hydroxyl groups is 1. The molecule has 0 amide bonds. The molecule has 0 aliphatic rings. The van der Waals surface area contributed by atoms with E-state index in [1.54, 1.807) is 18.2 Å². The number of aromatic hydroxyl groups is 1. The molecule has 0 aliphatic heterocycles. The average molecular weight is 162 g/mol. The number of phenolic OH excluding ortho intramolecular Hbond substituents is 1. The van der Waals surface area contributed by atoms with Crippen molar-refractivity contribution >= 4 is 0 Å². The first-order valence-electron chi connectivity index (χ1n) is 3.56. The fourth-order valence-electron chi connectivity index (χ4n) is 0.963. The van der Waals surface area contributed by atoms with Crippen molar-refractivity contribution in [3.05, 3.63) is 29.8 Å². The van der Waals surface area contributed by atoms with Crippen molar-refractivity contribution in [1.29, 1.82) is 0 Å². The highest BCUT2D eigenvalue weighted by molar-refractivity contribution is 5.40. The molecule has 0 heterocycles. The average Bonchev–Trinajstić information content (AvgIpc) is 2.05. The van der Waals surface area contributed by atoms with Gasteiger partial charge in [0.1, 0.15) is 5.75 Å². The molecule has 1 rings (SSSR count).